The number of esters is 1. The Balaban J connectivity index is 1.19. The van der Waals surface area contributed by atoms with E-state index in [1.807, 2.05) is 30.3 Å². The number of carbonyl (C=O) groups excluding carboxylic acids is 1. The summed E-state index contributed by atoms with van der Waals surface area (Å²) in [6.45, 7) is 12.2. The molecule has 12 atom stereocenters. The summed E-state index contributed by atoms with van der Waals surface area (Å²) in [6.07, 6.45) is 14.5. The van der Waals surface area contributed by atoms with Gasteiger partial charge in [-0.25, -0.2) is 4.79 Å². The van der Waals surface area contributed by atoms with Crippen LogP contribution in [0, 0.1) is 58.2 Å². The van der Waals surface area contributed by atoms with E-state index in [1.165, 1.54) is 51.4 Å². The lowest BCUT2D eigenvalue weighted by Crippen LogP contribution is -2.56. The van der Waals surface area contributed by atoms with Crippen LogP contribution in [-0.2, 0) is 4.74 Å². The SMILES string of the molecule is CC[C@]1(O)CC[C@@]2(C)[C@@H](CC[C@@H]3[C@@H]2CC[C@]2(C)[C@@H]([C@H](C)[C@H](CC4CC4C)OC(=O)c4ccccc4)CC[C@@H]32)C1. The van der Waals surface area contributed by atoms with E-state index < -0.39 is 5.60 Å². The van der Waals surface area contributed by atoms with Crippen LogP contribution >= 0.6 is 0 Å². The zero-order chi connectivity index (χ0) is 27.6. The summed E-state index contributed by atoms with van der Waals surface area (Å²) in [5.74, 6) is 5.54. The Morgan fingerprint density at radius 2 is 1.72 bits per heavy atom. The Labute approximate surface area is 237 Å². The second kappa shape index (κ2) is 10.2. The summed E-state index contributed by atoms with van der Waals surface area (Å²) in [7, 11) is 0. The predicted octanol–water partition coefficient (Wildman–Crippen LogP) is 8.69. The van der Waals surface area contributed by atoms with Crippen LogP contribution in [-0.4, -0.2) is 22.8 Å². The lowest BCUT2D eigenvalue weighted by molar-refractivity contribution is -0.154. The van der Waals surface area contributed by atoms with Gasteiger partial charge in [-0.2, -0.15) is 0 Å². The summed E-state index contributed by atoms with van der Waals surface area (Å²) in [4.78, 5) is 13.2. The first kappa shape index (κ1) is 27.8. The van der Waals surface area contributed by atoms with Crippen LogP contribution in [0.2, 0.25) is 0 Å². The Morgan fingerprint density at radius 3 is 2.41 bits per heavy atom. The largest absolute Gasteiger partial charge is 0.458 e. The van der Waals surface area contributed by atoms with Crippen LogP contribution in [0.25, 0.3) is 0 Å². The first-order valence-corrected chi connectivity index (χ1v) is 16.6. The Hall–Kier alpha value is -1.35. The van der Waals surface area contributed by atoms with Crippen molar-refractivity contribution >= 4 is 5.97 Å². The summed E-state index contributed by atoms with van der Waals surface area (Å²) < 4.78 is 6.40. The van der Waals surface area contributed by atoms with Crippen molar-refractivity contribution in [3.63, 3.8) is 0 Å². The molecule has 3 heteroatoms. The maximum absolute atomic E-state index is 13.2. The van der Waals surface area contributed by atoms with Gasteiger partial charge < -0.3 is 9.84 Å². The minimum Gasteiger partial charge on any atom is -0.458 e. The second-order valence-corrected chi connectivity index (χ2v) is 15.5. The fourth-order valence-electron chi connectivity index (χ4n) is 11.0. The lowest BCUT2D eigenvalue weighted by atomic mass is 9.43. The van der Waals surface area contributed by atoms with Gasteiger partial charge >= 0.3 is 5.97 Å². The molecule has 0 radical (unpaired) electrons. The lowest BCUT2D eigenvalue weighted by Gasteiger charge is -2.62. The molecule has 1 aromatic carbocycles. The molecule has 6 rings (SSSR count). The molecule has 216 valence electrons. The molecule has 0 aromatic heterocycles. The highest BCUT2D eigenvalue weighted by molar-refractivity contribution is 5.89. The van der Waals surface area contributed by atoms with Gasteiger partial charge in [-0.3, -0.25) is 0 Å². The molecule has 0 heterocycles. The van der Waals surface area contributed by atoms with E-state index in [2.05, 4.69) is 34.6 Å². The van der Waals surface area contributed by atoms with Gasteiger partial charge in [0.1, 0.15) is 6.10 Å². The average molecular weight is 535 g/mol. The van der Waals surface area contributed by atoms with Gasteiger partial charge in [-0.15, -0.1) is 0 Å². The Morgan fingerprint density at radius 1 is 1.00 bits per heavy atom. The normalized spacial score (nSPS) is 46.4. The van der Waals surface area contributed by atoms with Crippen LogP contribution in [0.1, 0.15) is 122 Å². The molecular weight excluding hydrogens is 480 g/mol. The van der Waals surface area contributed by atoms with Gasteiger partial charge in [-0.05, 0) is 147 Å². The van der Waals surface area contributed by atoms with E-state index in [-0.39, 0.29) is 12.1 Å². The third kappa shape index (κ3) is 4.81. The number of hydrogen-bond donors (Lipinski definition) is 1. The molecule has 1 aromatic rings. The van der Waals surface area contributed by atoms with Gasteiger partial charge in [-0.1, -0.05) is 52.8 Å². The maximum Gasteiger partial charge on any atom is 0.338 e. The summed E-state index contributed by atoms with van der Waals surface area (Å²) >= 11 is 0. The smallest absolute Gasteiger partial charge is 0.338 e. The van der Waals surface area contributed by atoms with Crippen molar-refractivity contribution in [1.29, 1.82) is 0 Å². The van der Waals surface area contributed by atoms with Crippen molar-refractivity contribution in [3.05, 3.63) is 35.9 Å². The molecule has 39 heavy (non-hydrogen) atoms. The minimum atomic E-state index is -0.417. The highest BCUT2D eigenvalue weighted by Crippen LogP contribution is 2.69. The van der Waals surface area contributed by atoms with E-state index in [0.29, 0.717) is 40.1 Å². The molecule has 0 amide bonds. The van der Waals surface area contributed by atoms with Gasteiger partial charge in [0.25, 0.3) is 0 Å². The van der Waals surface area contributed by atoms with Crippen LogP contribution in [0.4, 0.5) is 0 Å². The van der Waals surface area contributed by atoms with Gasteiger partial charge in [0, 0.05) is 0 Å². The van der Waals surface area contributed by atoms with E-state index in [9.17, 15) is 9.90 Å². The molecule has 0 saturated heterocycles. The topological polar surface area (TPSA) is 46.5 Å². The summed E-state index contributed by atoms with van der Waals surface area (Å²) in [6, 6.07) is 9.61. The number of rotatable bonds is 7. The van der Waals surface area contributed by atoms with E-state index in [4.69, 9.17) is 4.74 Å². The van der Waals surface area contributed by atoms with E-state index >= 15 is 0 Å². The molecule has 0 aliphatic heterocycles. The van der Waals surface area contributed by atoms with Crippen molar-refractivity contribution in [2.75, 3.05) is 0 Å². The predicted molar refractivity (Wildman–Crippen MR) is 157 cm³/mol. The number of ether oxygens (including phenoxy) is 1. The molecule has 0 spiro atoms. The zero-order valence-electron chi connectivity index (χ0n) is 25.3. The number of hydrogen-bond acceptors (Lipinski definition) is 3. The Kier molecular flexibility index (Phi) is 7.26. The minimum absolute atomic E-state index is 0.0178. The van der Waals surface area contributed by atoms with Crippen molar-refractivity contribution < 1.29 is 14.6 Å². The van der Waals surface area contributed by atoms with Crippen molar-refractivity contribution in [3.8, 4) is 0 Å². The van der Waals surface area contributed by atoms with Gasteiger partial charge in [0.2, 0.25) is 0 Å². The summed E-state index contributed by atoms with van der Waals surface area (Å²) in [5.41, 5.74) is 1.03. The molecule has 5 saturated carbocycles. The third-order valence-electron chi connectivity index (χ3n) is 13.9. The van der Waals surface area contributed by atoms with E-state index in [0.717, 1.165) is 49.4 Å². The molecule has 5 aliphatic carbocycles. The highest BCUT2D eigenvalue weighted by Gasteiger charge is 2.62. The maximum atomic E-state index is 13.2. The van der Waals surface area contributed by atoms with Crippen LogP contribution in [0.15, 0.2) is 30.3 Å². The third-order valence-corrected chi connectivity index (χ3v) is 13.9. The first-order chi connectivity index (χ1) is 18.6. The number of benzene rings is 1. The number of fused-ring (bicyclic) bond motifs is 5. The average Bonchev–Trinajstić information content (AvgIpc) is 3.51. The van der Waals surface area contributed by atoms with Gasteiger partial charge in [0.15, 0.2) is 0 Å². The quantitative estimate of drug-likeness (QED) is 0.356. The fraction of sp³-hybridized carbons (Fsp3) is 0.806. The molecule has 5 aliphatic rings. The van der Waals surface area contributed by atoms with Crippen molar-refractivity contribution in [2.24, 2.45) is 58.2 Å². The molecular formula is C36H54O3. The van der Waals surface area contributed by atoms with Crippen LogP contribution < -0.4 is 0 Å². The molecule has 5 fully saturated rings. The Bertz CT molecular complexity index is 1040. The second-order valence-electron chi connectivity index (χ2n) is 15.5. The van der Waals surface area contributed by atoms with Crippen molar-refractivity contribution in [1.82, 2.24) is 0 Å². The summed E-state index contributed by atoms with van der Waals surface area (Å²) in [5, 5.41) is 11.2. The fourth-order valence-corrected chi connectivity index (χ4v) is 11.0. The zero-order valence-corrected chi connectivity index (χ0v) is 25.3. The number of carbonyl (C=O) groups is 1. The monoisotopic (exact) mass is 534 g/mol. The van der Waals surface area contributed by atoms with Crippen LogP contribution in [0.3, 0.4) is 0 Å². The van der Waals surface area contributed by atoms with E-state index in [1.54, 1.807) is 0 Å². The van der Waals surface area contributed by atoms with Crippen LogP contribution in [0.5, 0.6) is 0 Å². The van der Waals surface area contributed by atoms with Crippen molar-refractivity contribution in [2.45, 2.75) is 123 Å². The first-order valence-electron chi connectivity index (χ1n) is 16.6. The molecule has 0 bridgehead atoms. The highest BCUT2D eigenvalue weighted by atomic mass is 16.5. The standard InChI is InChI=1S/C36H54O3/c1-6-36(38)19-18-34(4)27(22-36)12-13-28-30-15-14-29(35(30,5)17-16-31(28)34)24(3)32(21-26-20-23(26)2)39-33(37)25-10-8-7-9-11-25/h7-11,23-24,26-32,38H,6,12-22H2,1-5H3/t23?,24-,26?,27-,28-,29+,30-,31-,32-,34-,35+,36-/m0/s1. The molecule has 2 unspecified atom stereocenters. The van der Waals surface area contributed by atoms with Gasteiger partial charge in [0.05, 0.1) is 11.2 Å². The molecule has 3 nitrogen and oxygen atoms in total. The number of aliphatic hydroxyl groups is 1. The molecule has 1 N–H and O–H groups in total.